The molecule has 0 radical (unpaired) electrons. The Morgan fingerprint density at radius 3 is 2.55 bits per heavy atom. The van der Waals surface area contributed by atoms with Crippen LogP contribution < -0.4 is 27.6 Å². The fourth-order valence-electron chi connectivity index (χ4n) is 0.528. The lowest BCUT2D eigenvalue weighted by Crippen LogP contribution is -2.44. The molecule has 6 nitrogen and oxygen atoms in total. The zero-order valence-electron chi connectivity index (χ0n) is 6.39. The van der Waals surface area contributed by atoms with Crippen molar-refractivity contribution in [3.8, 4) is 0 Å². The summed E-state index contributed by atoms with van der Waals surface area (Å²) >= 11 is 0. The minimum Gasteiger partial charge on any atom is -0.351 e. The highest BCUT2D eigenvalue weighted by Gasteiger charge is 1.88. The van der Waals surface area contributed by atoms with E-state index in [0.717, 1.165) is 13.1 Å². The Bertz CT molecular complexity index is 107. The summed E-state index contributed by atoms with van der Waals surface area (Å²) in [4.78, 5) is 10.1. The second kappa shape index (κ2) is 7.26. The van der Waals surface area contributed by atoms with Gasteiger partial charge in [0.2, 0.25) is 0 Å². The summed E-state index contributed by atoms with van der Waals surface area (Å²) in [6.07, 6.45) is 0. The molecule has 0 saturated heterocycles. The second-order valence-corrected chi connectivity index (χ2v) is 1.95. The summed E-state index contributed by atoms with van der Waals surface area (Å²) in [6, 6.07) is -0.580. The van der Waals surface area contributed by atoms with Crippen LogP contribution in [0.25, 0.3) is 0 Å². The number of amides is 2. The highest BCUT2D eigenvalue weighted by molar-refractivity contribution is 5.70. The van der Waals surface area contributed by atoms with Crippen LogP contribution in [0.5, 0.6) is 0 Å². The van der Waals surface area contributed by atoms with E-state index in [9.17, 15) is 4.79 Å². The molecule has 2 amide bonds. The third-order valence-corrected chi connectivity index (χ3v) is 0.959. The van der Waals surface area contributed by atoms with E-state index in [1.807, 2.05) is 0 Å². The quantitative estimate of drug-likeness (QED) is 0.223. The summed E-state index contributed by atoms with van der Waals surface area (Å²) in [6.45, 7) is 2.77. The lowest BCUT2D eigenvalue weighted by Gasteiger charge is -2.04. The van der Waals surface area contributed by atoms with Gasteiger partial charge in [0.1, 0.15) is 0 Å². The lowest BCUT2D eigenvalue weighted by molar-refractivity contribution is 0.244. The van der Waals surface area contributed by atoms with Gasteiger partial charge in [0, 0.05) is 26.2 Å². The van der Waals surface area contributed by atoms with E-state index in [4.69, 9.17) is 11.5 Å². The van der Waals surface area contributed by atoms with Gasteiger partial charge in [0.15, 0.2) is 0 Å². The Morgan fingerprint density at radius 1 is 1.27 bits per heavy atom. The molecule has 0 unspecified atom stereocenters. The molecule has 66 valence electrons. The second-order valence-electron chi connectivity index (χ2n) is 1.95. The summed E-state index contributed by atoms with van der Waals surface area (Å²) < 4.78 is 0. The smallest absolute Gasteiger partial charge is 0.326 e. The van der Waals surface area contributed by atoms with Crippen molar-refractivity contribution in [1.29, 1.82) is 0 Å². The Balaban J connectivity index is 2.85. The van der Waals surface area contributed by atoms with Gasteiger partial charge in [-0.1, -0.05) is 0 Å². The molecule has 0 atom stereocenters. The molecule has 0 heterocycles. The summed E-state index contributed by atoms with van der Waals surface area (Å²) in [5, 5.41) is 3.03. The number of hydrogen-bond donors (Lipinski definition) is 5. The van der Waals surface area contributed by atoms with Crippen molar-refractivity contribution >= 4 is 6.03 Å². The average molecular weight is 161 g/mol. The number of rotatable bonds is 6. The van der Waals surface area contributed by atoms with Crippen molar-refractivity contribution in [3.05, 3.63) is 0 Å². The van der Waals surface area contributed by atoms with Gasteiger partial charge in [-0.15, -0.1) is 0 Å². The SMILES string of the molecule is NCCNCCNNC(N)=O. The number of nitrogens with one attached hydrogen (secondary N) is 3. The fraction of sp³-hybridized carbons (Fsp3) is 0.800. The van der Waals surface area contributed by atoms with Crippen LogP contribution in [0.4, 0.5) is 4.79 Å². The Hall–Kier alpha value is -0.850. The molecular formula is C5H15N5O. The van der Waals surface area contributed by atoms with Gasteiger partial charge in [0.05, 0.1) is 0 Å². The minimum atomic E-state index is -0.580. The molecule has 0 aliphatic carbocycles. The number of urea groups is 1. The molecule has 0 rings (SSSR count). The van der Waals surface area contributed by atoms with Crippen LogP contribution in [0, 0.1) is 0 Å². The molecule has 0 spiro atoms. The van der Waals surface area contributed by atoms with Crippen LogP contribution in [-0.4, -0.2) is 32.2 Å². The van der Waals surface area contributed by atoms with E-state index < -0.39 is 6.03 Å². The van der Waals surface area contributed by atoms with E-state index in [1.165, 1.54) is 0 Å². The van der Waals surface area contributed by atoms with Gasteiger partial charge in [-0.3, -0.25) is 5.43 Å². The topological polar surface area (TPSA) is 105 Å². The third-order valence-electron chi connectivity index (χ3n) is 0.959. The van der Waals surface area contributed by atoms with Crippen molar-refractivity contribution in [1.82, 2.24) is 16.2 Å². The largest absolute Gasteiger partial charge is 0.351 e. The summed E-state index contributed by atoms with van der Waals surface area (Å²) in [5.41, 5.74) is 14.9. The number of carbonyl (C=O) groups is 1. The van der Waals surface area contributed by atoms with E-state index in [0.29, 0.717) is 13.1 Å². The van der Waals surface area contributed by atoms with Gasteiger partial charge >= 0.3 is 6.03 Å². The molecule has 7 N–H and O–H groups in total. The molecule has 0 aliphatic heterocycles. The maximum Gasteiger partial charge on any atom is 0.326 e. The third kappa shape index (κ3) is 9.15. The normalized spacial score (nSPS) is 9.55. The molecule has 0 aromatic carbocycles. The van der Waals surface area contributed by atoms with E-state index >= 15 is 0 Å². The molecule has 0 aliphatic rings. The molecule has 0 aromatic rings. The number of hydrazine groups is 1. The summed E-state index contributed by atoms with van der Waals surface area (Å²) in [7, 11) is 0. The predicted molar refractivity (Wildman–Crippen MR) is 42.6 cm³/mol. The first-order chi connectivity index (χ1) is 5.27. The standard InChI is InChI=1S/C5H15N5O/c6-1-2-8-3-4-9-10-5(7)11/h8-9H,1-4,6H2,(H3,7,10,11). The van der Waals surface area contributed by atoms with Crippen LogP contribution in [0.1, 0.15) is 0 Å². The van der Waals surface area contributed by atoms with Gasteiger partial charge < -0.3 is 16.8 Å². The molecule has 11 heavy (non-hydrogen) atoms. The maximum atomic E-state index is 10.1. The first-order valence-electron chi connectivity index (χ1n) is 3.46. The van der Waals surface area contributed by atoms with E-state index in [1.54, 1.807) is 0 Å². The zero-order chi connectivity index (χ0) is 8.53. The van der Waals surface area contributed by atoms with E-state index in [-0.39, 0.29) is 0 Å². The Kier molecular flexibility index (Phi) is 6.70. The molecular weight excluding hydrogens is 146 g/mol. The molecule has 0 saturated carbocycles. The Labute approximate surface area is 65.7 Å². The van der Waals surface area contributed by atoms with Crippen molar-refractivity contribution in [2.24, 2.45) is 11.5 Å². The highest BCUT2D eigenvalue weighted by Crippen LogP contribution is 1.55. The van der Waals surface area contributed by atoms with Gasteiger partial charge in [-0.25, -0.2) is 10.2 Å². The summed E-state index contributed by atoms with van der Waals surface area (Å²) in [5.74, 6) is 0. The van der Waals surface area contributed by atoms with Crippen molar-refractivity contribution in [2.75, 3.05) is 26.2 Å². The predicted octanol–water partition coefficient (Wildman–Crippen LogP) is -2.29. The first-order valence-corrected chi connectivity index (χ1v) is 3.46. The van der Waals surface area contributed by atoms with Crippen molar-refractivity contribution < 1.29 is 4.79 Å². The molecule has 0 bridgehead atoms. The Morgan fingerprint density at radius 2 is 2.00 bits per heavy atom. The van der Waals surface area contributed by atoms with E-state index in [2.05, 4.69) is 16.2 Å². The fourth-order valence-corrected chi connectivity index (χ4v) is 0.528. The van der Waals surface area contributed by atoms with Crippen LogP contribution in [0.15, 0.2) is 0 Å². The van der Waals surface area contributed by atoms with Gasteiger partial charge in [-0.2, -0.15) is 0 Å². The molecule has 0 fully saturated rings. The highest BCUT2D eigenvalue weighted by atomic mass is 16.2. The van der Waals surface area contributed by atoms with Gasteiger partial charge in [0.25, 0.3) is 0 Å². The minimum absolute atomic E-state index is 0.580. The van der Waals surface area contributed by atoms with Crippen molar-refractivity contribution in [3.63, 3.8) is 0 Å². The van der Waals surface area contributed by atoms with Crippen molar-refractivity contribution in [2.45, 2.75) is 0 Å². The van der Waals surface area contributed by atoms with Crippen LogP contribution in [0.2, 0.25) is 0 Å². The van der Waals surface area contributed by atoms with Gasteiger partial charge in [-0.05, 0) is 0 Å². The van der Waals surface area contributed by atoms with Crippen LogP contribution >= 0.6 is 0 Å². The lowest BCUT2D eigenvalue weighted by atomic mass is 10.6. The first kappa shape index (κ1) is 10.2. The average Bonchev–Trinajstić information content (AvgIpc) is 1.96. The molecule has 0 aromatic heterocycles. The monoisotopic (exact) mass is 161 g/mol. The van der Waals surface area contributed by atoms with Crippen LogP contribution in [-0.2, 0) is 0 Å². The number of hydrogen-bond acceptors (Lipinski definition) is 4. The zero-order valence-corrected chi connectivity index (χ0v) is 6.39. The number of primary amides is 1. The van der Waals surface area contributed by atoms with Crippen LogP contribution in [0.3, 0.4) is 0 Å². The molecule has 6 heteroatoms. The number of carbonyl (C=O) groups excluding carboxylic acids is 1. The number of nitrogens with two attached hydrogens (primary N) is 2. The maximum absolute atomic E-state index is 10.1.